The molecule has 20 heavy (non-hydrogen) atoms. The van der Waals surface area contributed by atoms with Crippen molar-refractivity contribution in [3.63, 3.8) is 0 Å². The average molecular weight is 264 g/mol. The van der Waals surface area contributed by atoms with Gasteiger partial charge < -0.3 is 10.3 Å². The van der Waals surface area contributed by atoms with E-state index in [0.29, 0.717) is 0 Å². The summed E-state index contributed by atoms with van der Waals surface area (Å²) in [6, 6.07) is 16.8. The van der Waals surface area contributed by atoms with Crippen molar-refractivity contribution in [1.82, 2.24) is 4.57 Å². The fourth-order valence-corrected chi connectivity index (χ4v) is 2.15. The van der Waals surface area contributed by atoms with Crippen molar-refractivity contribution in [2.75, 3.05) is 0 Å². The molecule has 3 rings (SSSR count). The molecule has 0 unspecified atom stereocenters. The fourth-order valence-electron chi connectivity index (χ4n) is 2.15. The molecule has 0 aliphatic heterocycles. The summed E-state index contributed by atoms with van der Waals surface area (Å²) in [7, 11) is 0. The molecular formula is C17H16N2O. The Morgan fingerprint density at radius 2 is 1.35 bits per heavy atom. The standard InChI is InChI=1S/C14H11N.C3H5NO/c1-2-15-13-9-5-3-7-11(13)12-8-4-6-10-14(12)15;1-2-3(4)5/h2-10H,1H2;2H,1H2,(H2,4,5). The molecular weight excluding hydrogens is 248 g/mol. The third-order valence-electron chi connectivity index (χ3n) is 3.00. The first-order valence-electron chi connectivity index (χ1n) is 6.21. The highest BCUT2D eigenvalue weighted by Crippen LogP contribution is 2.28. The Hall–Kier alpha value is -2.81. The van der Waals surface area contributed by atoms with E-state index in [1.165, 1.54) is 21.8 Å². The molecule has 3 nitrogen and oxygen atoms in total. The summed E-state index contributed by atoms with van der Waals surface area (Å²) in [4.78, 5) is 9.47. The molecule has 0 saturated heterocycles. The highest BCUT2D eigenvalue weighted by Gasteiger charge is 2.06. The van der Waals surface area contributed by atoms with Gasteiger partial charge in [-0.15, -0.1) is 0 Å². The van der Waals surface area contributed by atoms with Gasteiger partial charge in [-0.1, -0.05) is 49.6 Å². The lowest BCUT2D eigenvalue weighted by atomic mass is 10.2. The van der Waals surface area contributed by atoms with Crippen LogP contribution in [0.2, 0.25) is 0 Å². The summed E-state index contributed by atoms with van der Waals surface area (Å²) in [5.41, 5.74) is 6.97. The van der Waals surface area contributed by atoms with E-state index in [0.717, 1.165) is 6.08 Å². The maximum absolute atomic E-state index is 9.47. The number of amides is 1. The lowest BCUT2D eigenvalue weighted by molar-refractivity contribution is -0.113. The summed E-state index contributed by atoms with van der Waals surface area (Å²) in [5.74, 6) is -0.481. The molecule has 0 spiro atoms. The zero-order chi connectivity index (χ0) is 14.5. The van der Waals surface area contributed by atoms with E-state index >= 15 is 0 Å². The van der Waals surface area contributed by atoms with Gasteiger partial charge in [-0.05, 0) is 18.2 Å². The first-order chi connectivity index (χ1) is 9.69. The largest absolute Gasteiger partial charge is 0.366 e. The van der Waals surface area contributed by atoms with E-state index < -0.39 is 5.91 Å². The molecule has 2 aromatic carbocycles. The van der Waals surface area contributed by atoms with Gasteiger partial charge in [0.05, 0.1) is 11.0 Å². The van der Waals surface area contributed by atoms with Gasteiger partial charge in [0.15, 0.2) is 0 Å². The summed E-state index contributed by atoms with van der Waals surface area (Å²) in [5, 5.41) is 2.57. The minimum absolute atomic E-state index is 0.481. The number of nitrogens with zero attached hydrogens (tertiary/aromatic N) is 1. The van der Waals surface area contributed by atoms with Crippen LogP contribution >= 0.6 is 0 Å². The second-order valence-corrected chi connectivity index (χ2v) is 4.19. The first kappa shape index (κ1) is 13.6. The normalized spacial score (nSPS) is 9.80. The van der Waals surface area contributed by atoms with Crippen LogP contribution in [0.4, 0.5) is 0 Å². The van der Waals surface area contributed by atoms with Gasteiger partial charge in [0.2, 0.25) is 5.91 Å². The molecule has 0 saturated carbocycles. The number of para-hydroxylation sites is 2. The number of hydrogen-bond donors (Lipinski definition) is 1. The minimum Gasteiger partial charge on any atom is -0.366 e. The van der Waals surface area contributed by atoms with Crippen LogP contribution in [0.5, 0.6) is 0 Å². The molecule has 0 aliphatic rings. The van der Waals surface area contributed by atoms with Gasteiger partial charge in [0.1, 0.15) is 0 Å². The Bertz CT molecular complexity index is 731. The van der Waals surface area contributed by atoms with Crippen molar-refractivity contribution in [3.8, 4) is 0 Å². The van der Waals surface area contributed by atoms with E-state index in [1.54, 1.807) is 0 Å². The number of fused-ring (bicyclic) bond motifs is 3. The van der Waals surface area contributed by atoms with Crippen LogP contribution in [0.15, 0.2) is 67.8 Å². The molecule has 1 heterocycles. The Balaban J connectivity index is 0.000000257. The van der Waals surface area contributed by atoms with E-state index in [4.69, 9.17) is 0 Å². The lowest BCUT2D eigenvalue weighted by Crippen LogP contribution is -2.04. The van der Waals surface area contributed by atoms with Crippen molar-refractivity contribution in [2.45, 2.75) is 0 Å². The van der Waals surface area contributed by atoms with Gasteiger partial charge in [-0.3, -0.25) is 4.79 Å². The SMILES string of the molecule is C=CC(N)=O.C=Cn1c2ccccc2c2ccccc21. The van der Waals surface area contributed by atoms with Gasteiger partial charge in [-0.25, -0.2) is 0 Å². The van der Waals surface area contributed by atoms with Crippen LogP contribution in [-0.2, 0) is 4.79 Å². The zero-order valence-electron chi connectivity index (χ0n) is 11.1. The topological polar surface area (TPSA) is 48.0 Å². The molecule has 1 aromatic heterocycles. The van der Waals surface area contributed by atoms with E-state index in [2.05, 4.69) is 72.0 Å². The molecule has 3 aromatic rings. The molecule has 1 amide bonds. The number of hydrogen-bond acceptors (Lipinski definition) is 1. The zero-order valence-corrected chi connectivity index (χ0v) is 11.1. The average Bonchev–Trinajstić information content (AvgIpc) is 2.81. The van der Waals surface area contributed by atoms with Crippen molar-refractivity contribution < 1.29 is 4.79 Å². The number of benzene rings is 2. The van der Waals surface area contributed by atoms with Crippen molar-refractivity contribution in [3.05, 3.63) is 67.8 Å². The summed E-state index contributed by atoms with van der Waals surface area (Å²) in [6.07, 6.45) is 2.92. The van der Waals surface area contributed by atoms with Gasteiger partial charge in [-0.2, -0.15) is 0 Å². The van der Waals surface area contributed by atoms with E-state index in [1.807, 2.05) is 6.20 Å². The first-order valence-corrected chi connectivity index (χ1v) is 6.21. The second kappa shape index (κ2) is 5.89. The van der Waals surface area contributed by atoms with Crippen LogP contribution in [0, 0.1) is 0 Å². The highest BCUT2D eigenvalue weighted by molar-refractivity contribution is 6.09. The number of aromatic nitrogens is 1. The molecule has 0 radical (unpaired) electrons. The molecule has 0 bridgehead atoms. The predicted octanol–water partition coefficient (Wildman–Crippen LogP) is 3.55. The number of carbonyl (C=O) groups is 1. The third-order valence-corrected chi connectivity index (χ3v) is 3.00. The summed E-state index contributed by atoms with van der Waals surface area (Å²) >= 11 is 0. The summed E-state index contributed by atoms with van der Waals surface area (Å²) in [6.45, 7) is 6.95. The predicted molar refractivity (Wildman–Crippen MR) is 85.2 cm³/mol. The second-order valence-electron chi connectivity index (χ2n) is 4.19. The minimum atomic E-state index is -0.481. The Morgan fingerprint density at radius 1 is 0.950 bits per heavy atom. The molecule has 3 heteroatoms. The smallest absolute Gasteiger partial charge is 0.240 e. The summed E-state index contributed by atoms with van der Waals surface area (Å²) < 4.78 is 2.13. The maximum atomic E-state index is 9.47. The highest BCUT2D eigenvalue weighted by atomic mass is 16.1. The molecule has 2 N–H and O–H groups in total. The fraction of sp³-hybridized carbons (Fsp3) is 0. The van der Waals surface area contributed by atoms with Gasteiger partial charge >= 0.3 is 0 Å². The Kier molecular flexibility index (Phi) is 4.01. The van der Waals surface area contributed by atoms with Crippen molar-refractivity contribution in [2.24, 2.45) is 5.73 Å². The van der Waals surface area contributed by atoms with Crippen molar-refractivity contribution >= 4 is 33.9 Å². The molecule has 0 atom stereocenters. The third kappa shape index (κ3) is 2.47. The Labute approximate surface area is 117 Å². The van der Waals surface area contributed by atoms with Crippen LogP contribution in [0.3, 0.4) is 0 Å². The van der Waals surface area contributed by atoms with Crippen LogP contribution in [-0.4, -0.2) is 10.5 Å². The maximum Gasteiger partial charge on any atom is 0.240 e. The van der Waals surface area contributed by atoms with E-state index in [-0.39, 0.29) is 0 Å². The molecule has 0 aliphatic carbocycles. The Morgan fingerprint density at radius 3 is 1.70 bits per heavy atom. The number of nitrogens with two attached hydrogens (primary N) is 1. The molecule has 0 fully saturated rings. The number of rotatable bonds is 2. The van der Waals surface area contributed by atoms with Crippen LogP contribution < -0.4 is 5.73 Å². The van der Waals surface area contributed by atoms with E-state index in [9.17, 15) is 4.79 Å². The number of primary amides is 1. The lowest BCUT2D eigenvalue weighted by Gasteiger charge is -1.97. The van der Waals surface area contributed by atoms with Crippen LogP contribution in [0.1, 0.15) is 0 Å². The molecule has 100 valence electrons. The van der Waals surface area contributed by atoms with Crippen molar-refractivity contribution in [1.29, 1.82) is 0 Å². The van der Waals surface area contributed by atoms with Crippen LogP contribution in [0.25, 0.3) is 28.0 Å². The van der Waals surface area contributed by atoms with Gasteiger partial charge in [0, 0.05) is 17.0 Å². The quantitative estimate of drug-likeness (QED) is 0.707. The monoisotopic (exact) mass is 264 g/mol. The number of carbonyl (C=O) groups excluding carboxylic acids is 1. The van der Waals surface area contributed by atoms with Gasteiger partial charge in [0.25, 0.3) is 0 Å².